The standard InChI is InChI=1S/C25H24N2O5/c1-17(18-11-12-22-23(15-18)31-14-13-30-22)26-24(28)16-32-21-10-6-5-9-20(21)25(29)27-19-7-3-2-4-8-19/h2-12,15,17H,13-14,16H2,1H3,(H,26,28)(H,27,29). The molecular weight excluding hydrogens is 408 g/mol. The molecule has 0 spiro atoms. The molecule has 1 aliphatic heterocycles. The van der Waals surface area contributed by atoms with E-state index in [0.717, 1.165) is 5.56 Å². The van der Waals surface area contributed by atoms with Gasteiger partial charge in [0.25, 0.3) is 11.8 Å². The van der Waals surface area contributed by atoms with Crippen LogP contribution >= 0.6 is 0 Å². The lowest BCUT2D eigenvalue weighted by Gasteiger charge is -2.21. The first-order valence-corrected chi connectivity index (χ1v) is 10.4. The molecular formula is C25H24N2O5. The number of anilines is 1. The van der Waals surface area contributed by atoms with Gasteiger partial charge in [-0.25, -0.2) is 0 Å². The Morgan fingerprint density at radius 3 is 2.47 bits per heavy atom. The van der Waals surface area contributed by atoms with Crippen LogP contribution < -0.4 is 24.8 Å². The van der Waals surface area contributed by atoms with E-state index in [1.54, 1.807) is 36.4 Å². The highest BCUT2D eigenvalue weighted by atomic mass is 16.6. The molecule has 0 saturated carbocycles. The first-order chi connectivity index (χ1) is 15.6. The minimum atomic E-state index is -0.308. The molecule has 0 bridgehead atoms. The summed E-state index contributed by atoms with van der Waals surface area (Å²) in [5.41, 5.74) is 1.92. The van der Waals surface area contributed by atoms with Crippen LogP contribution in [-0.4, -0.2) is 31.6 Å². The number of rotatable bonds is 7. The van der Waals surface area contributed by atoms with Crippen LogP contribution in [0.5, 0.6) is 17.2 Å². The van der Waals surface area contributed by atoms with Gasteiger partial charge in [-0.05, 0) is 48.9 Å². The van der Waals surface area contributed by atoms with Crippen molar-refractivity contribution in [1.82, 2.24) is 5.32 Å². The van der Waals surface area contributed by atoms with Gasteiger partial charge in [0, 0.05) is 5.69 Å². The maximum Gasteiger partial charge on any atom is 0.259 e. The van der Waals surface area contributed by atoms with Crippen molar-refractivity contribution in [3.63, 3.8) is 0 Å². The Bertz CT molecular complexity index is 1100. The van der Waals surface area contributed by atoms with Gasteiger partial charge in [-0.3, -0.25) is 9.59 Å². The first kappa shape index (κ1) is 21.2. The fourth-order valence-electron chi connectivity index (χ4n) is 3.34. The minimum Gasteiger partial charge on any atom is -0.486 e. The quantitative estimate of drug-likeness (QED) is 0.590. The fraction of sp³-hybridized carbons (Fsp3) is 0.200. The predicted octanol–water partition coefficient (Wildman–Crippen LogP) is 3.97. The molecule has 0 fully saturated rings. The van der Waals surface area contributed by atoms with Crippen molar-refractivity contribution in [2.75, 3.05) is 25.1 Å². The van der Waals surface area contributed by atoms with E-state index in [0.29, 0.717) is 41.7 Å². The van der Waals surface area contributed by atoms with E-state index in [1.165, 1.54) is 0 Å². The number of hydrogen-bond donors (Lipinski definition) is 2. The second kappa shape index (κ2) is 9.87. The van der Waals surface area contributed by atoms with E-state index in [-0.39, 0.29) is 24.5 Å². The van der Waals surface area contributed by atoms with Crippen molar-refractivity contribution in [2.45, 2.75) is 13.0 Å². The van der Waals surface area contributed by atoms with Crippen molar-refractivity contribution in [2.24, 2.45) is 0 Å². The van der Waals surface area contributed by atoms with Gasteiger partial charge in [-0.15, -0.1) is 0 Å². The summed E-state index contributed by atoms with van der Waals surface area (Å²) in [6, 6.07) is 21.3. The molecule has 1 aliphatic rings. The third kappa shape index (κ3) is 5.18. The van der Waals surface area contributed by atoms with Crippen LogP contribution in [0.15, 0.2) is 72.8 Å². The third-order valence-electron chi connectivity index (χ3n) is 4.97. The van der Waals surface area contributed by atoms with Crippen molar-refractivity contribution < 1.29 is 23.8 Å². The summed E-state index contributed by atoms with van der Waals surface area (Å²) in [6.07, 6.45) is 0. The molecule has 3 aromatic rings. The normalized spacial score (nSPS) is 13.0. The van der Waals surface area contributed by atoms with E-state index in [4.69, 9.17) is 14.2 Å². The van der Waals surface area contributed by atoms with E-state index < -0.39 is 0 Å². The van der Waals surface area contributed by atoms with Crippen molar-refractivity contribution in [3.05, 3.63) is 83.9 Å². The largest absolute Gasteiger partial charge is 0.486 e. The Morgan fingerprint density at radius 1 is 0.938 bits per heavy atom. The summed E-state index contributed by atoms with van der Waals surface area (Å²) in [5.74, 6) is 1.10. The molecule has 1 atom stereocenters. The fourth-order valence-corrected chi connectivity index (χ4v) is 3.34. The minimum absolute atomic E-state index is 0.218. The van der Waals surface area contributed by atoms with E-state index >= 15 is 0 Å². The van der Waals surface area contributed by atoms with Crippen molar-refractivity contribution in [1.29, 1.82) is 0 Å². The van der Waals surface area contributed by atoms with Crippen LogP contribution in [-0.2, 0) is 4.79 Å². The SMILES string of the molecule is CC(NC(=O)COc1ccccc1C(=O)Nc1ccccc1)c1ccc2c(c1)OCCO2. The number of ether oxygens (including phenoxy) is 3. The molecule has 3 aromatic carbocycles. The second-order valence-corrected chi connectivity index (χ2v) is 7.30. The number of benzene rings is 3. The highest BCUT2D eigenvalue weighted by Crippen LogP contribution is 2.32. The van der Waals surface area contributed by atoms with Gasteiger partial charge in [-0.2, -0.15) is 0 Å². The average molecular weight is 432 g/mol. The summed E-state index contributed by atoms with van der Waals surface area (Å²) in [5, 5.41) is 5.72. The van der Waals surface area contributed by atoms with Crippen LogP contribution in [0.1, 0.15) is 28.9 Å². The van der Waals surface area contributed by atoms with Crippen LogP contribution in [0.25, 0.3) is 0 Å². The molecule has 1 heterocycles. The smallest absolute Gasteiger partial charge is 0.259 e. The Balaban J connectivity index is 1.35. The molecule has 32 heavy (non-hydrogen) atoms. The lowest BCUT2D eigenvalue weighted by molar-refractivity contribution is -0.123. The number of hydrogen-bond acceptors (Lipinski definition) is 5. The molecule has 0 aliphatic carbocycles. The average Bonchev–Trinajstić information content (AvgIpc) is 2.83. The monoisotopic (exact) mass is 432 g/mol. The van der Waals surface area contributed by atoms with Gasteiger partial charge >= 0.3 is 0 Å². The number of para-hydroxylation sites is 2. The van der Waals surface area contributed by atoms with E-state index in [1.807, 2.05) is 43.3 Å². The second-order valence-electron chi connectivity index (χ2n) is 7.30. The van der Waals surface area contributed by atoms with Gasteiger partial charge in [0.05, 0.1) is 11.6 Å². The summed E-state index contributed by atoms with van der Waals surface area (Å²) in [4.78, 5) is 25.1. The zero-order valence-corrected chi connectivity index (χ0v) is 17.7. The van der Waals surface area contributed by atoms with Gasteiger partial charge in [0.1, 0.15) is 19.0 Å². The highest BCUT2D eigenvalue weighted by Gasteiger charge is 2.17. The van der Waals surface area contributed by atoms with Crippen LogP contribution in [0, 0.1) is 0 Å². The molecule has 2 amide bonds. The zero-order valence-electron chi connectivity index (χ0n) is 17.7. The zero-order chi connectivity index (χ0) is 22.3. The van der Waals surface area contributed by atoms with Crippen molar-refractivity contribution >= 4 is 17.5 Å². The lowest BCUT2D eigenvalue weighted by atomic mass is 10.1. The lowest BCUT2D eigenvalue weighted by Crippen LogP contribution is -2.31. The number of carbonyl (C=O) groups is 2. The molecule has 2 N–H and O–H groups in total. The molecule has 0 saturated heterocycles. The molecule has 164 valence electrons. The first-order valence-electron chi connectivity index (χ1n) is 10.4. The molecule has 0 radical (unpaired) electrons. The highest BCUT2D eigenvalue weighted by molar-refractivity contribution is 6.06. The third-order valence-corrected chi connectivity index (χ3v) is 4.97. The van der Waals surface area contributed by atoms with Gasteiger partial charge < -0.3 is 24.8 Å². The molecule has 7 heteroatoms. The molecule has 1 unspecified atom stereocenters. The number of carbonyl (C=O) groups excluding carboxylic acids is 2. The molecule has 7 nitrogen and oxygen atoms in total. The summed E-state index contributed by atoms with van der Waals surface area (Å²) >= 11 is 0. The topological polar surface area (TPSA) is 85.9 Å². The van der Waals surface area contributed by atoms with Crippen molar-refractivity contribution in [3.8, 4) is 17.2 Å². The number of amides is 2. The molecule has 4 rings (SSSR count). The Hall–Kier alpha value is -4.00. The Labute approximate surface area is 186 Å². The molecule has 0 aromatic heterocycles. The summed E-state index contributed by atoms with van der Waals surface area (Å²) in [6.45, 7) is 2.69. The van der Waals surface area contributed by atoms with Gasteiger partial charge in [0.2, 0.25) is 0 Å². The number of nitrogens with one attached hydrogen (secondary N) is 2. The van der Waals surface area contributed by atoms with Crippen LogP contribution in [0.2, 0.25) is 0 Å². The predicted molar refractivity (Wildman–Crippen MR) is 120 cm³/mol. The summed E-state index contributed by atoms with van der Waals surface area (Å²) in [7, 11) is 0. The van der Waals surface area contributed by atoms with Gasteiger partial charge in [0.15, 0.2) is 18.1 Å². The maximum absolute atomic E-state index is 12.6. The van der Waals surface area contributed by atoms with Crippen LogP contribution in [0.4, 0.5) is 5.69 Å². The van der Waals surface area contributed by atoms with E-state index in [2.05, 4.69) is 10.6 Å². The van der Waals surface area contributed by atoms with E-state index in [9.17, 15) is 9.59 Å². The summed E-state index contributed by atoms with van der Waals surface area (Å²) < 4.78 is 16.8. The Morgan fingerprint density at radius 2 is 1.66 bits per heavy atom. The Kier molecular flexibility index (Phi) is 6.55. The van der Waals surface area contributed by atoms with Gasteiger partial charge in [-0.1, -0.05) is 36.4 Å². The maximum atomic E-state index is 12.6. The number of fused-ring (bicyclic) bond motifs is 1. The van der Waals surface area contributed by atoms with Crippen LogP contribution in [0.3, 0.4) is 0 Å².